The molecule has 4 rings (SSSR count). The zero-order valence-electron chi connectivity index (χ0n) is 22.5. The highest BCUT2D eigenvalue weighted by Gasteiger charge is 2.36. The summed E-state index contributed by atoms with van der Waals surface area (Å²) in [6.45, 7) is 6.56. The Labute approximate surface area is 228 Å². The van der Waals surface area contributed by atoms with Crippen molar-refractivity contribution in [1.29, 1.82) is 0 Å². The van der Waals surface area contributed by atoms with Gasteiger partial charge in [0.05, 0.1) is 25.0 Å². The van der Waals surface area contributed by atoms with E-state index in [1.807, 2.05) is 13.8 Å². The van der Waals surface area contributed by atoms with Gasteiger partial charge in [0.1, 0.15) is 11.5 Å². The van der Waals surface area contributed by atoms with E-state index in [0.29, 0.717) is 57.2 Å². The van der Waals surface area contributed by atoms with Crippen molar-refractivity contribution in [1.82, 2.24) is 9.80 Å². The van der Waals surface area contributed by atoms with Gasteiger partial charge in [-0.2, -0.15) is 0 Å². The Morgan fingerprint density at radius 2 is 1.10 bits per heavy atom. The molecule has 2 fully saturated rings. The van der Waals surface area contributed by atoms with Crippen molar-refractivity contribution in [2.45, 2.75) is 33.1 Å². The third kappa shape index (κ3) is 7.49. The van der Waals surface area contributed by atoms with Crippen LogP contribution < -0.4 is 20.1 Å². The number of nitrogens with zero attached hydrogens (tertiary/aromatic N) is 2. The molecule has 0 saturated carbocycles. The summed E-state index contributed by atoms with van der Waals surface area (Å²) in [6, 6.07) is 14.3. The Morgan fingerprint density at radius 3 is 1.46 bits per heavy atom. The fourth-order valence-corrected chi connectivity index (χ4v) is 4.87. The number of carbonyl (C=O) groups excluding carboxylic acids is 4. The quantitative estimate of drug-likeness (QED) is 0.431. The Morgan fingerprint density at radius 1 is 0.718 bits per heavy atom. The second kappa shape index (κ2) is 13.1. The summed E-state index contributed by atoms with van der Waals surface area (Å²) in [7, 11) is 0. The first-order chi connectivity index (χ1) is 18.9. The number of carbonyl (C=O) groups is 4. The van der Waals surface area contributed by atoms with Crippen LogP contribution in [0.3, 0.4) is 0 Å². The number of ether oxygens (including phenoxy) is 2. The predicted molar refractivity (Wildman–Crippen MR) is 146 cm³/mol. The van der Waals surface area contributed by atoms with Gasteiger partial charge < -0.3 is 29.9 Å². The molecule has 0 bridgehead atoms. The molecule has 10 nitrogen and oxygen atoms in total. The van der Waals surface area contributed by atoms with E-state index in [4.69, 9.17) is 9.47 Å². The first-order valence-corrected chi connectivity index (χ1v) is 13.5. The lowest BCUT2D eigenvalue weighted by Gasteiger charge is -2.20. The molecular formula is C29H36N4O6. The van der Waals surface area contributed by atoms with Gasteiger partial charge in [0.25, 0.3) is 0 Å². The second-order valence-corrected chi connectivity index (χ2v) is 9.73. The summed E-state index contributed by atoms with van der Waals surface area (Å²) in [4.78, 5) is 53.8. The molecule has 39 heavy (non-hydrogen) atoms. The largest absolute Gasteiger partial charge is 0.494 e. The molecule has 2 N–H and O–H groups in total. The van der Waals surface area contributed by atoms with E-state index in [0.717, 1.165) is 11.5 Å². The van der Waals surface area contributed by atoms with Crippen LogP contribution in [0.4, 0.5) is 11.4 Å². The van der Waals surface area contributed by atoms with E-state index in [1.54, 1.807) is 58.3 Å². The van der Waals surface area contributed by atoms with E-state index in [1.165, 1.54) is 0 Å². The zero-order valence-corrected chi connectivity index (χ0v) is 22.5. The summed E-state index contributed by atoms with van der Waals surface area (Å²) in [5.74, 6) is 0.102. The number of anilines is 2. The van der Waals surface area contributed by atoms with E-state index < -0.39 is 11.8 Å². The summed E-state index contributed by atoms with van der Waals surface area (Å²) in [5, 5.41) is 5.74. The van der Waals surface area contributed by atoms with E-state index in [-0.39, 0.29) is 36.5 Å². The lowest BCUT2D eigenvalue weighted by atomic mass is 10.1. The first-order valence-electron chi connectivity index (χ1n) is 13.5. The van der Waals surface area contributed by atoms with Crippen LogP contribution in [0.1, 0.15) is 33.1 Å². The molecule has 0 spiro atoms. The number of rotatable bonds is 12. The van der Waals surface area contributed by atoms with Crippen molar-refractivity contribution >= 4 is 35.0 Å². The van der Waals surface area contributed by atoms with Gasteiger partial charge >= 0.3 is 0 Å². The molecule has 2 aliphatic rings. The molecule has 10 heteroatoms. The molecule has 2 aromatic rings. The Kier molecular flexibility index (Phi) is 9.40. The van der Waals surface area contributed by atoms with Gasteiger partial charge in [0.2, 0.25) is 23.6 Å². The van der Waals surface area contributed by atoms with Crippen LogP contribution in [0.2, 0.25) is 0 Å². The van der Waals surface area contributed by atoms with Crippen molar-refractivity contribution in [2.24, 2.45) is 11.8 Å². The van der Waals surface area contributed by atoms with Gasteiger partial charge in [-0.1, -0.05) is 0 Å². The SMILES string of the molecule is CCOc1ccc(NC(=O)[C@@H]2CC(=O)N(CCCN3C[C@@H](C(=O)Nc4ccc(OCC)cc4)CC3=O)C2)cc1. The van der Waals surface area contributed by atoms with Gasteiger partial charge in [-0.15, -0.1) is 0 Å². The Balaban J connectivity index is 1.19. The lowest BCUT2D eigenvalue weighted by Crippen LogP contribution is -2.33. The fourth-order valence-electron chi connectivity index (χ4n) is 4.87. The van der Waals surface area contributed by atoms with Crippen molar-refractivity contribution in [2.75, 3.05) is 50.0 Å². The molecule has 2 saturated heterocycles. The number of amides is 4. The molecule has 0 unspecified atom stereocenters. The van der Waals surface area contributed by atoms with Crippen LogP contribution in [-0.4, -0.2) is 72.8 Å². The van der Waals surface area contributed by atoms with Gasteiger partial charge in [-0.05, 0) is 68.8 Å². The maximum Gasteiger partial charge on any atom is 0.229 e. The zero-order chi connectivity index (χ0) is 27.8. The van der Waals surface area contributed by atoms with Crippen molar-refractivity contribution in [3.63, 3.8) is 0 Å². The summed E-state index contributed by atoms with van der Waals surface area (Å²) >= 11 is 0. The molecule has 2 atom stereocenters. The topological polar surface area (TPSA) is 117 Å². The molecule has 0 aromatic heterocycles. The number of hydrogen-bond donors (Lipinski definition) is 2. The fraction of sp³-hybridized carbons (Fsp3) is 0.448. The molecule has 208 valence electrons. The summed E-state index contributed by atoms with van der Waals surface area (Å²) < 4.78 is 10.8. The maximum absolute atomic E-state index is 12.7. The highest BCUT2D eigenvalue weighted by atomic mass is 16.5. The Hall–Kier alpha value is -4.08. The average molecular weight is 537 g/mol. The lowest BCUT2D eigenvalue weighted by molar-refractivity contribution is -0.129. The summed E-state index contributed by atoms with van der Waals surface area (Å²) in [5.41, 5.74) is 1.31. The van der Waals surface area contributed by atoms with Gasteiger partial charge in [0.15, 0.2) is 0 Å². The van der Waals surface area contributed by atoms with Crippen LogP contribution >= 0.6 is 0 Å². The van der Waals surface area contributed by atoms with Gasteiger partial charge in [-0.25, -0.2) is 0 Å². The minimum absolute atomic E-state index is 0.0674. The second-order valence-electron chi connectivity index (χ2n) is 9.73. The predicted octanol–water partition coefficient (Wildman–Crippen LogP) is 3.15. The minimum Gasteiger partial charge on any atom is -0.494 e. The molecule has 4 amide bonds. The normalized spacial score (nSPS) is 18.8. The highest BCUT2D eigenvalue weighted by molar-refractivity contribution is 5.98. The van der Waals surface area contributed by atoms with Crippen LogP contribution in [0, 0.1) is 11.8 Å². The van der Waals surface area contributed by atoms with E-state index in [9.17, 15) is 19.2 Å². The molecule has 2 heterocycles. The number of benzene rings is 2. The van der Waals surface area contributed by atoms with E-state index >= 15 is 0 Å². The number of likely N-dealkylation sites (tertiary alicyclic amines) is 2. The maximum atomic E-state index is 12.7. The van der Waals surface area contributed by atoms with Crippen LogP contribution in [0.15, 0.2) is 48.5 Å². The Bertz CT molecular complexity index is 1080. The number of hydrogen-bond acceptors (Lipinski definition) is 6. The molecular weight excluding hydrogens is 500 g/mol. The van der Waals surface area contributed by atoms with Crippen molar-refractivity contribution < 1.29 is 28.7 Å². The third-order valence-corrected chi connectivity index (χ3v) is 6.89. The van der Waals surface area contributed by atoms with Crippen molar-refractivity contribution in [3.8, 4) is 11.5 Å². The van der Waals surface area contributed by atoms with Gasteiger partial charge in [0, 0.05) is 50.4 Å². The van der Waals surface area contributed by atoms with Crippen LogP contribution in [0.25, 0.3) is 0 Å². The third-order valence-electron chi connectivity index (χ3n) is 6.89. The molecule has 0 radical (unpaired) electrons. The smallest absolute Gasteiger partial charge is 0.229 e. The van der Waals surface area contributed by atoms with Crippen molar-refractivity contribution in [3.05, 3.63) is 48.5 Å². The minimum atomic E-state index is -0.423. The molecule has 0 aliphatic carbocycles. The standard InChI is InChI=1S/C29H36N4O6/c1-3-38-24-10-6-22(7-11-24)30-28(36)20-16-26(34)32(18-20)14-5-15-33-19-21(17-27(33)35)29(37)31-23-8-12-25(13-9-23)39-4-2/h6-13,20-21H,3-5,14-19H2,1-2H3,(H,30,36)(H,31,37)/t20-,21+. The monoisotopic (exact) mass is 536 g/mol. The van der Waals surface area contributed by atoms with E-state index in [2.05, 4.69) is 10.6 Å². The number of nitrogens with one attached hydrogen (secondary N) is 2. The van der Waals surface area contributed by atoms with Crippen LogP contribution in [-0.2, 0) is 19.2 Å². The van der Waals surface area contributed by atoms with Gasteiger partial charge in [-0.3, -0.25) is 19.2 Å². The molecule has 2 aliphatic heterocycles. The van der Waals surface area contributed by atoms with Crippen LogP contribution in [0.5, 0.6) is 11.5 Å². The first kappa shape index (κ1) is 27.9. The average Bonchev–Trinajstić information content (AvgIpc) is 3.49. The highest BCUT2D eigenvalue weighted by Crippen LogP contribution is 2.24. The molecule has 2 aromatic carbocycles. The summed E-state index contributed by atoms with van der Waals surface area (Å²) in [6.07, 6.45) is 0.913.